The fourth-order valence-electron chi connectivity index (χ4n) is 1.84. The molecule has 1 aromatic carbocycles. The van der Waals surface area contributed by atoms with Crippen LogP contribution >= 0.6 is 0 Å². The van der Waals surface area contributed by atoms with Gasteiger partial charge in [-0.05, 0) is 19.1 Å². The van der Waals surface area contributed by atoms with E-state index in [4.69, 9.17) is 10.4 Å². The summed E-state index contributed by atoms with van der Waals surface area (Å²) in [5.74, 6) is -0.129. The number of hydrogen-bond acceptors (Lipinski definition) is 5. The Bertz CT molecular complexity index is 634. The number of hydrogen-bond donors (Lipinski definition) is 1. The summed E-state index contributed by atoms with van der Waals surface area (Å²) in [7, 11) is 0. The zero-order valence-electron chi connectivity index (χ0n) is 11.0. The minimum absolute atomic E-state index is 0.0642. The van der Waals surface area contributed by atoms with Crippen LogP contribution in [0.15, 0.2) is 24.3 Å². The van der Waals surface area contributed by atoms with Crippen molar-refractivity contribution in [3.63, 3.8) is 0 Å². The third kappa shape index (κ3) is 2.60. The molecule has 0 aliphatic heterocycles. The van der Waals surface area contributed by atoms with Gasteiger partial charge in [0.25, 0.3) is 0 Å². The molecule has 1 heterocycles. The molecule has 1 aromatic heterocycles. The Balaban J connectivity index is 2.46. The number of benzene rings is 1. The Morgan fingerprint density at radius 2 is 2.15 bits per heavy atom. The van der Waals surface area contributed by atoms with Crippen molar-refractivity contribution in [1.82, 2.24) is 15.0 Å². The van der Waals surface area contributed by atoms with Crippen LogP contribution < -0.4 is 4.90 Å². The van der Waals surface area contributed by atoms with Crippen molar-refractivity contribution in [2.24, 2.45) is 0 Å². The molecule has 0 spiro atoms. The highest BCUT2D eigenvalue weighted by Gasteiger charge is 2.18. The second-order valence-electron chi connectivity index (χ2n) is 4.03. The van der Waals surface area contributed by atoms with Gasteiger partial charge in [-0.3, -0.25) is 0 Å². The van der Waals surface area contributed by atoms with E-state index in [0.29, 0.717) is 18.9 Å². The van der Waals surface area contributed by atoms with Crippen molar-refractivity contribution in [2.75, 3.05) is 24.6 Å². The monoisotopic (exact) mass is 275 g/mol. The van der Waals surface area contributed by atoms with E-state index in [1.807, 2.05) is 13.0 Å². The summed E-state index contributed by atoms with van der Waals surface area (Å²) in [6, 6.07) is 8.00. The molecule has 0 amide bonds. The van der Waals surface area contributed by atoms with Gasteiger partial charge in [-0.1, -0.05) is 12.1 Å². The normalized spacial score (nSPS) is 10.3. The predicted molar refractivity (Wildman–Crippen MR) is 71.0 cm³/mol. The Hall–Kier alpha value is -2.46. The SMILES string of the molecule is CCN(CCO)c1nn(-c2ccccc2F)nc1C#N. The first-order valence-electron chi connectivity index (χ1n) is 6.19. The maximum absolute atomic E-state index is 13.7. The fourth-order valence-corrected chi connectivity index (χ4v) is 1.84. The van der Waals surface area contributed by atoms with E-state index in [0.717, 1.165) is 4.80 Å². The van der Waals surface area contributed by atoms with E-state index in [2.05, 4.69) is 10.2 Å². The van der Waals surface area contributed by atoms with E-state index < -0.39 is 5.82 Å². The molecule has 6 nitrogen and oxygen atoms in total. The molecule has 2 aromatic rings. The highest BCUT2D eigenvalue weighted by Crippen LogP contribution is 2.18. The van der Waals surface area contributed by atoms with Crippen LogP contribution in [0.5, 0.6) is 0 Å². The average Bonchev–Trinajstić information content (AvgIpc) is 2.89. The highest BCUT2D eigenvalue weighted by molar-refractivity contribution is 5.50. The van der Waals surface area contributed by atoms with E-state index in [-0.39, 0.29) is 18.0 Å². The Morgan fingerprint density at radius 3 is 2.75 bits per heavy atom. The van der Waals surface area contributed by atoms with E-state index in [1.54, 1.807) is 17.0 Å². The van der Waals surface area contributed by atoms with Crippen molar-refractivity contribution in [3.05, 3.63) is 35.8 Å². The van der Waals surface area contributed by atoms with Crippen LogP contribution in [0.25, 0.3) is 5.69 Å². The number of aliphatic hydroxyl groups is 1. The molecule has 20 heavy (non-hydrogen) atoms. The summed E-state index contributed by atoms with van der Waals surface area (Å²) in [4.78, 5) is 2.81. The number of aromatic nitrogens is 3. The van der Waals surface area contributed by atoms with E-state index >= 15 is 0 Å². The number of nitriles is 1. The third-order valence-corrected chi connectivity index (χ3v) is 2.82. The van der Waals surface area contributed by atoms with Crippen LogP contribution in [0.2, 0.25) is 0 Å². The lowest BCUT2D eigenvalue weighted by molar-refractivity contribution is 0.302. The molecule has 0 atom stereocenters. The second kappa shape index (κ2) is 6.12. The zero-order chi connectivity index (χ0) is 14.5. The third-order valence-electron chi connectivity index (χ3n) is 2.82. The van der Waals surface area contributed by atoms with Gasteiger partial charge < -0.3 is 10.0 Å². The number of likely N-dealkylation sites (N-methyl/N-ethyl adjacent to an activating group) is 1. The standard InChI is InChI=1S/C13H14FN5O/c1-2-18(7-8-20)13-11(9-15)16-19(17-13)12-6-4-3-5-10(12)14/h3-6,20H,2,7-8H2,1H3. The number of halogens is 1. The van der Waals surface area contributed by atoms with Crippen LogP contribution in [-0.2, 0) is 0 Å². The highest BCUT2D eigenvalue weighted by atomic mass is 19.1. The topological polar surface area (TPSA) is 78.0 Å². The number of nitrogens with zero attached hydrogens (tertiary/aromatic N) is 5. The van der Waals surface area contributed by atoms with Gasteiger partial charge in [-0.25, -0.2) is 4.39 Å². The van der Waals surface area contributed by atoms with Crippen molar-refractivity contribution >= 4 is 5.82 Å². The lowest BCUT2D eigenvalue weighted by Crippen LogP contribution is -2.27. The van der Waals surface area contributed by atoms with Gasteiger partial charge in [0.2, 0.25) is 5.69 Å². The summed E-state index contributed by atoms with van der Waals surface area (Å²) in [5, 5.41) is 26.3. The van der Waals surface area contributed by atoms with E-state index in [1.165, 1.54) is 12.1 Å². The Kier molecular flexibility index (Phi) is 4.27. The smallest absolute Gasteiger partial charge is 0.207 e. The van der Waals surface area contributed by atoms with Crippen LogP contribution in [0, 0.1) is 17.1 Å². The molecular formula is C13H14FN5O. The molecule has 2 rings (SSSR count). The van der Waals surface area contributed by atoms with Crippen LogP contribution in [0.3, 0.4) is 0 Å². The molecule has 0 unspecified atom stereocenters. The maximum Gasteiger partial charge on any atom is 0.207 e. The van der Waals surface area contributed by atoms with Crippen molar-refractivity contribution in [3.8, 4) is 11.8 Å². The molecule has 0 bridgehead atoms. The number of para-hydroxylation sites is 1. The van der Waals surface area contributed by atoms with Crippen molar-refractivity contribution in [1.29, 1.82) is 5.26 Å². The summed E-state index contributed by atoms with van der Waals surface area (Å²) in [6.07, 6.45) is 0. The first kappa shape index (κ1) is 14.0. The predicted octanol–water partition coefficient (Wildman–Crippen LogP) is 1.10. The molecule has 0 aliphatic rings. The van der Waals surface area contributed by atoms with Gasteiger partial charge in [-0.2, -0.15) is 5.26 Å². The summed E-state index contributed by atoms with van der Waals surface area (Å²) in [6.45, 7) is 2.70. The fraction of sp³-hybridized carbons (Fsp3) is 0.308. The quantitative estimate of drug-likeness (QED) is 0.884. The van der Waals surface area contributed by atoms with Crippen LogP contribution in [0.4, 0.5) is 10.2 Å². The van der Waals surface area contributed by atoms with Gasteiger partial charge in [-0.15, -0.1) is 15.0 Å². The number of anilines is 1. The molecule has 0 fully saturated rings. The first-order chi connectivity index (χ1) is 9.71. The molecule has 1 N–H and O–H groups in total. The Morgan fingerprint density at radius 1 is 1.40 bits per heavy atom. The molecule has 0 saturated heterocycles. The second-order valence-corrected chi connectivity index (χ2v) is 4.03. The van der Waals surface area contributed by atoms with Crippen LogP contribution in [-0.4, -0.2) is 39.8 Å². The van der Waals surface area contributed by atoms with Gasteiger partial charge in [0.1, 0.15) is 11.8 Å². The van der Waals surface area contributed by atoms with Crippen molar-refractivity contribution in [2.45, 2.75) is 6.92 Å². The maximum atomic E-state index is 13.7. The average molecular weight is 275 g/mol. The zero-order valence-corrected chi connectivity index (χ0v) is 11.0. The summed E-state index contributed by atoms with van der Waals surface area (Å²) >= 11 is 0. The van der Waals surface area contributed by atoms with Crippen LogP contribution in [0.1, 0.15) is 12.6 Å². The first-order valence-corrected chi connectivity index (χ1v) is 6.19. The van der Waals surface area contributed by atoms with Crippen molar-refractivity contribution < 1.29 is 9.50 Å². The molecule has 0 saturated carbocycles. The van der Waals surface area contributed by atoms with E-state index in [9.17, 15) is 4.39 Å². The molecule has 7 heteroatoms. The van der Waals surface area contributed by atoms with Gasteiger partial charge >= 0.3 is 0 Å². The molecular weight excluding hydrogens is 261 g/mol. The number of rotatable bonds is 5. The molecule has 104 valence electrons. The lowest BCUT2D eigenvalue weighted by atomic mass is 10.3. The number of aliphatic hydroxyl groups excluding tert-OH is 1. The summed E-state index contributed by atoms with van der Waals surface area (Å²) in [5.41, 5.74) is 0.277. The summed E-state index contributed by atoms with van der Waals surface area (Å²) < 4.78 is 13.7. The van der Waals surface area contributed by atoms with Gasteiger partial charge in [0.05, 0.1) is 6.61 Å². The minimum Gasteiger partial charge on any atom is -0.395 e. The van der Waals surface area contributed by atoms with Gasteiger partial charge in [0, 0.05) is 13.1 Å². The largest absolute Gasteiger partial charge is 0.395 e. The molecule has 0 aliphatic carbocycles. The lowest BCUT2D eigenvalue weighted by Gasteiger charge is -2.18. The minimum atomic E-state index is -0.469. The van der Waals surface area contributed by atoms with Gasteiger partial charge in [0.15, 0.2) is 11.6 Å². The Labute approximate surface area is 115 Å². The molecule has 0 radical (unpaired) electrons.